The van der Waals surface area contributed by atoms with Gasteiger partial charge in [-0.15, -0.1) is 0 Å². The first-order chi connectivity index (χ1) is 8.16. The minimum atomic E-state index is -2.76. The first kappa shape index (κ1) is 12.9. The van der Waals surface area contributed by atoms with Crippen molar-refractivity contribution in [3.05, 3.63) is 11.8 Å². The average molecular weight is 258 g/mol. The van der Waals surface area contributed by atoms with E-state index in [-0.39, 0.29) is 0 Å². The van der Waals surface area contributed by atoms with Crippen molar-refractivity contribution in [2.24, 2.45) is 5.92 Å². The van der Waals surface area contributed by atoms with Crippen molar-refractivity contribution in [2.75, 3.05) is 18.1 Å². The van der Waals surface area contributed by atoms with E-state index in [1.54, 1.807) is 0 Å². The van der Waals surface area contributed by atoms with Crippen molar-refractivity contribution in [2.45, 2.75) is 44.9 Å². The maximum absolute atomic E-state index is 11.5. The van der Waals surface area contributed by atoms with Gasteiger partial charge in [-0.25, -0.2) is 8.42 Å². The smallest absolute Gasteiger partial charge is 0.150 e. The topological polar surface area (TPSA) is 43.4 Å². The summed E-state index contributed by atoms with van der Waals surface area (Å²) in [5.41, 5.74) is 1.42. The van der Waals surface area contributed by atoms with Crippen molar-refractivity contribution < 1.29 is 13.2 Å². The van der Waals surface area contributed by atoms with Crippen molar-refractivity contribution in [3.63, 3.8) is 0 Å². The van der Waals surface area contributed by atoms with Gasteiger partial charge in [0.2, 0.25) is 0 Å². The number of sulfone groups is 1. The fourth-order valence-corrected chi connectivity index (χ4v) is 4.53. The molecule has 1 unspecified atom stereocenters. The predicted octanol–water partition coefficient (Wildman–Crippen LogP) is 2.68. The van der Waals surface area contributed by atoms with Crippen LogP contribution in [0.2, 0.25) is 0 Å². The van der Waals surface area contributed by atoms with Gasteiger partial charge >= 0.3 is 0 Å². The molecule has 1 heterocycles. The second kappa shape index (κ2) is 5.89. The molecule has 0 aromatic carbocycles. The summed E-state index contributed by atoms with van der Waals surface area (Å²) in [4.78, 5) is 0. The number of ether oxygens (including phenoxy) is 1. The summed E-state index contributed by atoms with van der Waals surface area (Å²) in [7, 11) is -2.76. The zero-order valence-electron chi connectivity index (χ0n) is 10.4. The molecule has 4 heteroatoms. The Hall–Kier alpha value is -0.510. The number of hydrogen-bond acceptors (Lipinski definition) is 3. The average Bonchev–Trinajstić information content (AvgIpc) is 2.76. The number of allylic oxidation sites excluding steroid dienone is 1. The van der Waals surface area contributed by atoms with E-state index in [1.165, 1.54) is 31.3 Å². The van der Waals surface area contributed by atoms with E-state index in [4.69, 9.17) is 4.74 Å². The SMILES string of the molecule is O=S1(=O)CCCC(CCOC=C2CCCC2)C1. The first-order valence-corrected chi connectivity index (χ1v) is 8.48. The molecule has 3 nitrogen and oxygen atoms in total. The highest BCUT2D eigenvalue weighted by Crippen LogP contribution is 2.24. The molecule has 0 aromatic heterocycles. The largest absolute Gasteiger partial charge is 0.501 e. The highest BCUT2D eigenvalue weighted by atomic mass is 32.2. The predicted molar refractivity (Wildman–Crippen MR) is 68.5 cm³/mol. The molecule has 2 fully saturated rings. The molecule has 1 saturated heterocycles. The molecule has 0 spiro atoms. The van der Waals surface area contributed by atoms with E-state index in [0.29, 0.717) is 24.0 Å². The lowest BCUT2D eigenvalue weighted by molar-refractivity contribution is 0.218. The molecule has 98 valence electrons. The normalized spacial score (nSPS) is 28.0. The fraction of sp³-hybridized carbons (Fsp3) is 0.846. The summed E-state index contributed by atoms with van der Waals surface area (Å²) in [5, 5.41) is 0. The van der Waals surface area contributed by atoms with Crippen LogP contribution in [0.4, 0.5) is 0 Å². The molecule has 1 saturated carbocycles. The van der Waals surface area contributed by atoms with Gasteiger partial charge in [-0.05, 0) is 56.4 Å². The molecule has 17 heavy (non-hydrogen) atoms. The number of hydrogen-bond donors (Lipinski definition) is 0. The molecule has 0 aromatic rings. The molecule has 0 N–H and O–H groups in total. The molecular weight excluding hydrogens is 236 g/mol. The van der Waals surface area contributed by atoms with Crippen molar-refractivity contribution in [1.29, 1.82) is 0 Å². The second-order valence-electron chi connectivity index (χ2n) is 5.27. The Balaban J connectivity index is 1.66. The van der Waals surface area contributed by atoms with E-state index in [9.17, 15) is 8.42 Å². The van der Waals surface area contributed by atoms with E-state index in [0.717, 1.165) is 19.3 Å². The molecule has 2 rings (SSSR count). The molecule has 0 amide bonds. The highest BCUT2D eigenvalue weighted by molar-refractivity contribution is 7.91. The van der Waals surface area contributed by atoms with Crippen molar-refractivity contribution in [3.8, 4) is 0 Å². The molecule has 1 aliphatic carbocycles. The third-order valence-corrected chi connectivity index (χ3v) is 5.59. The van der Waals surface area contributed by atoms with E-state index < -0.39 is 9.84 Å². The molecule has 2 aliphatic rings. The molecule has 1 atom stereocenters. The van der Waals surface area contributed by atoms with Crippen LogP contribution in [0, 0.1) is 5.92 Å². The van der Waals surface area contributed by atoms with Crippen LogP contribution in [0.1, 0.15) is 44.9 Å². The van der Waals surface area contributed by atoms with Gasteiger partial charge in [0.05, 0.1) is 24.4 Å². The Morgan fingerprint density at radius 1 is 1.24 bits per heavy atom. The third-order valence-electron chi connectivity index (χ3n) is 3.70. The Bertz CT molecular complexity index is 362. The van der Waals surface area contributed by atoms with E-state index in [1.807, 2.05) is 6.26 Å². The zero-order valence-corrected chi connectivity index (χ0v) is 11.2. The minimum Gasteiger partial charge on any atom is -0.501 e. The zero-order chi connectivity index (χ0) is 12.1. The lowest BCUT2D eigenvalue weighted by Gasteiger charge is -2.21. The second-order valence-corrected chi connectivity index (χ2v) is 7.49. The summed E-state index contributed by atoms with van der Waals surface area (Å²) < 4.78 is 28.4. The van der Waals surface area contributed by atoms with Crippen LogP contribution in [-0.4, -0.2) is 26.5 Å². The molecular formula is C13H22O3S. The van der Waals surface area contributed by atoms with Crippen LogP contribution >= 0.6 is 0 Å². The Labute approximate surface area is 104 Å². The monoisotopic (exact) mass is 258 g/mol. The van der Waals surface area contributed by atoms with Gasteiger partial charge in [-0.3, -0.25) is 0 Å². The summed E-state index contributed by atoms with van der Waals surface area (Å²) in [6.45, 7) is 0.670. The minimum absolute atomic E-state index is 0.315. The maximum Gasteiger partial charge on any atom is 0.150 e. The highest BCUT2D eigenvalue weighted by Gasteiger charge is 2.24. The van der Waals surface area contributed by atoms with Gasteiger partial charge in [-0.2, -0.15) is 0 Å². The van der Waals surface area contributed by atoms with Gasteiger partial charge in [-0.1, -0.05) is 0 Å². The van der Waals surface area contributed by atoms with Crippen LogP contribution in [-0.2, 0) is 14.6 Å². The van der Waals surface area contributed by atoms with Crippen molar-refractivity contribution in [1.82, 2.24) is 0 Å². The van der Waals surface area contributed by atoms with Gasteiger partial charge in [0.25, 0.3) is 0 Å². The summed E-state index contributed by atoms with van der Waals surface area (Å²) in [6, 6.07) is 0. The van der Waals surface area contributed by atoms with Crippen LogP contribution in [0.5, 0.6) is 0 Å². The Kier molecular flexibility index (Phi) is 4.48. The summed E-state index contributed by atoms with van der Waals surface area (Å²) >= 11 is 0. The first-order valence-electron chi connectivity index (χ1n) is 6.66. The van der Waals surface area contributed by atoms with Crippen LogP contribution in [0.15, 0.2) is 11.8 Å². The van der Waals surface area contributed by atoms with Gasteiger partial charge < -0.3 is 4.74 Å². The molecule has 1 aliphatic heterocycles. The summed E-state index contributed by atoms with van der Waals surface area (Å²) in [5.74, 6) is 1.07. The lowest BCUT2D eigenvalue weighted by Crippen LogP contribution is -2.25. The van der Waals surface area contributed by atoms with Gasteiger partial charge in [0, 0.05) is 0 Å². The number of rotatable bonds is 4. The molecule has 0 bridgehead atoms. The fourth-order valence-electron chi connectivity index (χ4n) is 2.70. The Morgan fingerprint density at radius 3 is 2.71 bits per heavy atom. The van der Waals surface area contributed by atoms with E-state index in [2.05, 4.69) is 0 Å². The summed E-state index contributed by atoms with van der Waals surface area (Å²) in [6.07, 6.45) is 9.59. The van der Waals surface area contributed by atoms with Gasteiger partial charge in [0.1, 0.15) is 0 Å². The standard InChI is InChI=1S/C13H22O3S/c14-17(15)9-3-6-13(11-17)7-8-16-10-12-4-1-2-5-12/h10,13H,1-9,11H2. The maximum atomic E-state index is 11.5. The third kappa shape index (κ3) is 4.34. The quantitative estimate of drug-likeness (QED) is 0.575. The van der Waals surface area contributed by atoms with Crippen LogP contribution < -0.4 is 0 Å². The van der Waals surface area contributed by atoms with Crippen LogP contribution in [0.3, 0.4) is 0 Å². The van der Waals surface area contributed by atoms with Crippen molar-refractivity contribution >= 4 is 9.84 Å². The Morgan fingerprint density at radius 2 is 2.00 bits per heavy atom. The molecule has 0 radical (unpaired) electrons. The van der Waals surface area contributed by atoms with E-state index >= 15 is 0 Å². The van der Waals surface area contributed by atoms with Crippen LogP contribution in [0.25, 0.3) is 0 Å². The lowest BCUT2D eigenvalue weighted by atomic mass is 10.0. The van der Waals surface area contributed by atoms with Gasteiger partial charge in [0.15, 0.2) is 9.84 Å².